The lowest BCUT2D eigenvalue weighted by Crippen LogP contribution is -1.96. The van der Waals surface area contributed by atoms with Crippen molar-refractivity contribution in [3.63, 3.8) is 0 Å². The van der Waals surface area contributed by atoms with E-state index in [1.807, 2.05) is 13.0 Å². The fraction of sp³-hybridized carbons (Fsp3) is 0.640. The molecule has 28 heavy (non-hydrogen) atoms. The van der Waals surface area contributed by atoms with E-state index in [0.29, 0.717) is 0 Å². The second-order valence-electron chi connectivity index (χ2n) is 8.28. The van der Waals surface area contributed by atoms with Gasteiger partial charge in [-0.05, 0) is 31.4 Å². The predicted molar refractivity (Wildman–Crippen MR) is 122 cm³/mol. The van der Waals surface area contributed by atoms with E-state index < -0.39 is 0 Å². The van der Waals surface area contributed by atoms with Crippen molar-refractivity contribution in [1.82, 2.24) is 4.98 Å². The van der Waals surface area contributed by atoms with Gasteiger partial charge in [0.2, 0.25) is 0 Å². The highest BCUT2D eigenvalue weighted by molar-refractivity contribution is 5.91. The van der Waals surface area contributed by atoms with Crippen LogP contribution < -0.4 is 5.73 Å². The van der Waals surface area contributed by atoms with Crippen LogP contribution in [-0.2, 0) is 6.42 Å². The van der Waals surface area contributed by atoms with E-state index in [1.165, 1.54) is 88.0 Å². The predicted octanol–water partition coefficient (Wildman–Crippen LogP) is 7.62. The number of unbranched alkanes of at least 4 members (excludes halogenated alkanes) is 11. The highest BCUT2D eigenvalue weighted by Gasteiger charge is 2.16. The molecule has 1 aromatic carbocycles. The Labute approximate surface area is 171 Å². The molecule has 154 valence electrons. The van der Waals surface area contributed by atoms with Gasteiger partial charge >= 0.3 is 0 Å². The molecule has 0 aliphatic carbocycles. The first-order valence-corrected chi connectivity index (χ1v) is 11.5. The molecule has 0 aliphatic heterocycles. The third kappa shape index (κ3) is 6.59. The first kappa shape index (κ1) is 22.3. The maximum absolute atomic E-state index is 9.34. The summed E-state index contributed by atoms with van der Waals surface area (Å²) in [6.45, 7) is 4.24. The summed E-state index contributed by atoms with van der Waals surface area (Å²) in [5.74, 6) is 0.662. The van der Waals surface area contributed by atoms with Gasteiger partial charge < -0.3 is 10.7 Å². The minimum atomic E-state index is -0.111. The summed E-state index contributed by atoms with van der Waals surface area (Å²) in [6.07, 6.45) is 17.3. The van der Waals surface area contributed by atoms with Gasteiger partial charge in [0.1, 0.15) is 5.82 Å². The van der Waals surface area contributed by atoms with Crippen molar-refractivity contribution in [3.8, 4) is 6.07 Å². The summed E-state index contributed by atoms with van der Waals surface area (Å²) >= 11 is 0. The number of anilines is 1. The molecule has 0 saturated heterocycles. The molecule has 3 N–H and O–H groups in total. The SMILES string of the molecule is CCCCCCCCCCCCCCc1c(N)[nH]c2cccc(C(C)C#N)c12. The zero-order valence-electron chi connectivity index (χ0n) is 18.0. The van der Waals surface area contributed by atoms with Gasteiger partial charge in [-0.2, -0.15) is 5.26 Å². The normalized spacial score (nSPS) is 12.3. The third-order valence-electron chi connectivity index (χ3n) is 5.93. The first-order chi connectivity index (χ1) is 13.7. The van der Waals surface area contributed by atoms with Crippen LogP contribution in [0.3, 0.4) is 0 Å². The molecule has 2 rings (SSSR count). The number of nitrogens with one attached hydrogen (secondary N) is 1. The summed E-state index contributed by atoms with van der Waals surface area (Å²) in [5, 5.41) is 10.5. The number of H-pyrrole nitrogens is 1. The fourth-order valence-electron chi connectivity index (χ4n) is 4.20. The van der Waals surface area contributed by atoms with Crippen LogP contribution in [0.2, 0.25) is 0 Å². The zero-order valence-corrected chi connectivity index (χ0v) is 18.0. The van der Waals surface area contributed by atoms with Gasteiger partial charge in [0, 0.05) is 16.5 Å². The quantitative estimate of drug-likeness (QED) is 0.330. The van der Waals surface area contributed by atoms with Crippen LogP contribution in [0.4, 0.5) is 5.82 Å². The van der Waals surface area contributed by atoms with Crippen LogP contribution in [0.5, 0.6) is 0 Å². The molecule has 0 aliphatic rings. The van der Waals surface area contributed by atoms with Crippen molar-refractivity contribution < 1.29 is 0 Å². The third-order valence-corrected chi connectivity index (χ3v) is 5.93. The Bertz CT molecular complexity index is 738. The summed E-state index contributed by atoms with van der Waals surface area (Å²) in [6, 6.07) is 8.50. The molecule has 1 heterocycles. The van der Waals surface area contributed by atoms with Crippen molar-refractivity contribution >= 4 is 16.7 Å². The Balaban J connectivity index is 1.70. The van der Waals surface area contributed by atoms with Crippen molar-refractivity contribution in [3.05, 3.63) is 29.3 Å². The molecule has 0 radical (unpaired) electrons. The lowest BCUT2D eigenvalue weighted by Gasteiger charge is -2.08. The van der Waals surface area contributed by atoms with Crippen LogP contribution in [0.1, 0.15) is 108 Å². The van der Waals surface area contributed by atoms with Crippen LogP contribution in [0, 0.1) is 11.3 Å². The summed E-state index contributed by atoms with van der Waals surface area (Å²) < 4.78 is 0. The molecule has 1 atom stereocenters. The summed E-state index contributed by atoms with van der Waals surface area (Å²) in [5.41, 5.74) is 9.63. The van der Waals surface area contributed by atoms with Crippen LogP contribution in [0.15, 0.2) is 18.2 Å². The number of aryl methyl sites for hydroxylation is 1. The number of nitriles is 1. The highest BCUT2D eigenvalue weighted by atomic mass is 14.9. The van der Waals surface area contributed by atoms with E-state index >= 15 is 0 Å². The van der Waals surface area contributed by atoms with E-state index in [2.05, 4.69) is 30.1 Å². The molecule has 0 saturated carbocycles. The molecule has 3 heteroatoms. The molecule has 1 aromatic heterocycles. The van der Waals surface area contributed by atoms with E-state index in [0.717, 1.165) is 23.3 Å². The minimum Gasteiger partial charge on any atom is -0.385 e. The van der Waals surface area contributed by atoms with Gasteiger partial charge in [0.05, 0.1) is 12.0 Å². The molecule has 1 unspecified atom stereocenters. The summed E-state index contributed by atoms with van der Waals surface area (Å²) in [7, 11) is 0. The number of fused-ring (bicyclic) bond motifs is 1. The molecule has 0 fully saturated rings. The highest BCUT2D eigenvalue weighted by Crippen LogP contribution is 2.32. The Morgan fingerprint density at radius 3 is 2.07 bits per heavy atom. The maximum Gasteiger partial charge on any atom is 0.104 e. The largest absolute Gasteiger partial charge is 0.385 e. The Morgan fingerprint density at radius 1 is 0.929 bits per heavy atom. The van der Waals surface area contributed by atoms with E-state index in [9.17, 15) is 5.26 Å². The lowest BCUT2D eigenvalue weighted by atomic mass is 9.94. The Morgan fingerprint density at radius 2 is 1.50 bits per heavy atom. The number of nitrogen functional groups attached to an aromatic ring is 1. The van der Waals surface area contributed by atoms with Crippen molar-refractivity contribution in [1.29, 1.82) is 5.26 Å². The van der Waals surface area contributed by atoms with Crippen molar-refractivity contribution in [2.45, 2.75) is 103 Å². The van der Waals surface area contributed by atoms with Crippen molar-refractivity contribution in [2.24, 2.45) is 0 Å². The smallest absolute Gasteiger partial charge is 0.104 e. The van der Waals surface area contributed by atoms with Gasteiger partial charge in [-0.25, -0.2) is 0 Å². The van der Waals surface area contributed by atoms with Crippen molar-refractivity contribution in [2.75, 3.05) is 5.73 Å². The van der Waals surface area contributed by atoms with E-state index in [1.54, 1.807) is 0 Å². The number of rotatable bonds is 14. The zero-order chi connectivity index (χ0) is 20.2. The molecule has 0 spiro atoms. The van der Waals surface area contributed by atoms with Gasteiger partial charge in [0.15, 0.2) is 0 Å². The fourth-order valence-corrected chi connectivity index (χ4v) is 4.20. The topological polar surface area (TPSA) is 65.6 Å². The molecule has 0 bridgehead atoms. The Kier molecular flexibility index (Phi) is 9.97. The molecular weight excluding hydrogens is 342 g/mol. The van der Waals surface area contributed by atoms with Crippen LogP contribution in [0.25, 0.3) is 10.9 Å². The molecule has 0 amide bonds. The maximum atomic E-state index is 9.34. The lowest BCUT2D eigenvalue weighted by molar-refractivity contribution is 0.544. The summed E-state index contributed by atoms with van der Waals surface area (Å²) in [4.78, 5) is 3.31. The second-order valence-corrected chi connectivity index (χ2v) is 8.28. The molecule has 3 nitrogen and oxygen atoms in total. The number of nitrogens with two attached hydrogens (primary N) is 1. The average molecular weight is 382 g/mol. The van der Waals surface area contributed by atoms with E-state index in [4.69, 9.17) is 5.73 Å². The van der Waals surface area contributed by atoms with Gasteiger partial charge in [0.25, 0.3) is 0 Å². The monoisotopic (exact) mass is 381 g/mol. The average Bonchev–Trinajstić information content (AvgIpc) is 3.03. The number of hydrogen-bond acceptors (Lipinski definition) is 2. The van der Waals surface area contributed by atoms with Crippen LogP contribution >= 0.6 is 0 Å². The second kappa shape index (κ2) is 12.5. The first-order valence-electron chi connectivity index (χ1n) is 11.5. The van der Waals surface area contributed by atoms with Gasteiger partial charge in [-0.1, -0.05) is 89.7 Å². The van der Waals surface area contributed by atoms with Gasteiger partial charge in [-0.15, -0.1) is 0 Å². The standard InChI is InChI=1S/C25H39N3/c1-3-4-5-6-7-8-9-10-11-12-13-14-16-22-24-21(20(2)19-26)17-15-18-23(24)28-25(22)27/h15,17-18,20,28H,3-14,16,27H2,1-2H3. The number of aromatic nitrogens is 1. The van der Waals surface area contributed by atoms with Gasteiger partial charge in [-0.3, -0.25) is 0 Å². The number of nitrogens with zero attached hydrogens (tertiary/aromatic N) is 1. The molecular formula is C25H39N3. The van der Waals surface area contributed by atoms with Crippen LogP contribution in [-0.4, -0.2) is 4.98 Å². The number of aromatic amines is 1. The van der Waals surface area contributed by atoms with E-state index in [-0.39, 0.29) is 5.92 Å². The molecule has 2 aromatic rings. The number of benzene rings is 1. The Hall–Kier alpha value is -1.95. The number of hydrogen-bond donors (Lipinski definition) is 2. The minimum absolute atomic E-state index is 0.111.